The molecule has 1 aliphatic heterocycles. The molecule has 2 unspecified atom stereocenters. The lowest BCUT2D eigenvalue weighted by Crippen LogP contribution is -2.34. The Morgan fingerprint density at radius 1 is 1.42 bits per heavy atom. The van der Waals surface area contributed by atoms with Gasteiger partial charge in [0.05, 0.1) is 12.6 Å². The van der Waals surface area contributed by atoms with E-state index in [1.54, 1.807) is 0 Å². The van der Waals surface area contributed by atoms with Crippen molar-refractivity contribution in [2.45, 2.75) is 25.4 Å². The van der Waals surface area contributed by atoms with Gasteiger partial charge in [-0.05, 0) is 31.2 Å². The number of hydrogen-bond donors (Lipinski definition) is 1. The molecular formula is C14H14BrNO3. The van der Waals surface area contributed by atoms with Crippen molar-refractivity contribution in [3.63, 3.8) is 0 Å². The molecule has 4 nitrogen and oxygen atoms in total. The van der Waals surface area contributed by atoms with E-state index in [4.69, 9.17) is 9.15 Å². The van der Waals surface area contributed by atoms with Crippen molar-refractivity contribution < 1.29 is 13.9 Å². The molecule has 100 valence electrons. The molecule has 19 heavy (non-hydrogen) atoms. The number of halogens is 1. The van der Waals surface area contributed by atoms with Gasteiger partial charge in [0.2, 0.25) is 0 Å². The van der Waals surface area contributed by atoms with Gasteiger partial charge >= 0.3 is 5.97 Å². The first-order valence-electron chi connectivity index (χ1n) is 6.25. The predicted octanol–water partition coefficient (Wildman–Crippen LogP) is 3.16. The van der Waals surface area contributed by atoms with E-state index in [0.29, 0.717) is 6.61 Å². The standard InChI is InChI=1S/C14H14BrNO3/c1-8(16-11-4-5-18-14(11)17)13-7-9-6-10(15)2-3-12(9)19-13/h2-3,6-8,11,16H,4-5H2,1H3. The van der Waals surface area contributed by atoms with Crippen LogP contribution in [-0.4, -0.2) is 18.6 Å². The average molecular weight is 324 g/mol. The molecule has 0 amide bonds. The van der Waals surface area contributed by atoms with Crippen LogP contribution in [0.1, 0.15) is 25.1 Å². The first kappa shape index (κ1) is 12.7. The Hall–Kier alpha value is -1.33. The summed E-state index contributed by atoms with van der Waals surface area (Å²) in [7, 11) is 0. The molecule has 0 aliphatic carbocycles. The molecule has 0 spiro atoms. The summed E-state index contributed by atoms with van der Waals surface area (Å²) in [4.78, 5) is 11.4. The van der Waals surface area contributed by atoms with Gasteiger partial charge in [0.25, 0.3) is 0 Å². The van der Waals surface area contributed by atoms with Gasteiger partial charge in [-0.1, -0.05) is 15.9 Å². The summed E-state index contributed by atoms with van der Waals surface area (Å²) in [5.41, 5.74) is 0.848. The van der Waals surface area contributed by atoms with Gasteiger partial charge in [-0.2, -0.15) is 0 Å². The maximum Gasteiger partial charge on any atom is 0.323 e. The lowest BCUT2D eigenvalue weighted by molar-refractivity contribution is -0.139. The quantitative estimate of drug-likeness (QED) is 0.881. The molecule has 1 fully saturated rings. The van der Waals surface area contributed by atoms with E-state index >= 15 is 0 Å². The van der Waals surface area contributed by atoms with E-state index in [0.717, 1.165) is 27.6 Å². The molecule has 2 atom stereocenters. The van der Waals surface area contributed by atoms with Crippen molar-refractivity contribution in [3.8, 4) is 0 Å². The smallest absolute Gasteiger partial charge is 0.323 e. The molecule has 2 aromatic rings. The molecule has 1 saturated heterocycles. The number of fused-ring (bicyclic) bond motifs is 1. The fourth-order valence-electron chi connectivity index (χ4n) is 2.28. The number of rotatable bonds is 3. The van der Waals surface area contributed by atoms with Crippen LogP contribution in [0.15, 0.2) is 33.2 Å². The molecule has 5 heteroatoms. The van der Waals surface area contributed by atoms with E-state index in [1.165, 1.54) is 0 Å². The number of hydrogen-bond acceptors (Lipinski definition) is 4. The average Bonchev–Trinajstić information content (AvgIpc) is 2.96. The van der Waals surface area contributed by atoms with Gasteiger partial charge in [0.1, 0.15) is 17.4 Å². The minimum Gasteiger partial charge on any atom is -0.464 e. The summed E-state index contributed by atoms with van der Waals surface area (Å²) in [6.07, 6.45) is 0.717. The van der Waals surface area contributed by atoms with Crippen LogP contribution in [0.2, 0.25) is 0 Å². The summed E-state index contributed by atoms with van der Waals surface area (Å²) < 4.78 is 11.8. The first-order valence-corrected chi connectivity index (χ1v) is 7.04. The van der Waals surface area contributed by atoms with Crippen LogP contribution in [0.4, 0.5) is 0 Å². The SMILES string of the molecule is CC(NC1CCOC1=O)c1cc2cc(Br)ccc2o1. The Bertz CT molecular complexity index is 622. The highest BCUT2D eigenvalue weighted by molar-refractivity contribution is 9.10. The lowest BCUT2D eigenvalue weighted by atomic mass is 10.1. The Labute approximate surface area is 119 Å². The highest BCUT2D eigenvalue weighted by atomic mass is 79.9. The normalized spacial score (nSPS) is 20.7. The van der Waals surface area contributed by atoms with Crippen LogP contribution in [0.5, 0.6) is 0 Å². The number of carbonyl (C=O) groups excluding carboxylic acids is 1. The minimum atomic E-state index is -0.227. The largest absolute Gasteiger partial charge is 0.464 e. The Morgan fingerprint density at radius 2 is 2.26 bits per heavy atom. The van der Waals surface area contributed by atoms with Crippen LogP contribution < -0.4 is 5.32 Å². The van der Waals surface area contributed by atoms with E-state index in [-0.39, 0.29) is 18.1 Å². The van der Waals surface area contributed by atoms with Crippen molar-refractivity contribution in [1.82, 2.24) is 5.32 Å². The second-order valence-corrected chi connectivity index (χ2v) is 5.64. The minimum absolute atomic E-state index is 0.0261. The molecule has 1 aromatic carbocycles. The van der Waals surface area contributed by atoms with Crippen LogP contribution in [0.25, 0.3) is 11.0 Å². The van der Waals surface area contributed by atoms with Gasteiger partial charge in [-0.25, -0.2) is 0 Å². The highest BCUT2D eigenvalue weighted by Gasteiger charge is 2.28. The van der Waals surface area contributed by atoms with E-state index in [9.17, 15) is 4.79 Å². The zero-order chi connectivity index (χ0) is 13.4. The van der Waals surface area contributed by atoms with E-state index in [1.807, 2.05) is 31.2 Å². The molecule has 0 radical (unpaired) electrons. The zero-order valence-electron chi connectivity index (χ0n) is 10.5. The van der Waals surface area contributed by atoms with Gasteiger partial charge in [-0.15, -0.1) is 0 Å². The Morgan fingerprint density at radius 3 is 3.00 bits per heavy atom. The number of esters is 1. The summed E-state index contributed by atoms with van der Waals surface area (Å²) in [6.45, 7) is 2.48. The van der Waals surface area contributed by atoms with E-state index < -0.39 is 0 Å². The van der Waals surface area contributed by atoms with E-state index in [2.05, 4.69) is 21.2 Å². The lowest BCUT2D eigenvalue weighted by Gasteiger charge is -2.14. The van der Waals surface area contributed by atoms with Crippen LogP contribution in [0, 0.1) is 0 Å². The van der Waals surface area contributed by atoms with Gasteiger partial charge < -0.3 is 9.15 Å². The second kappa shape index (κ2) is 4.98. The van der Waals surface area contributed by atoms with Crippen molar-refractivity contribution in [2.24, 2.45) is 0 Å². The van der Waals surface area contributed by atoms with Crippen molar-refractivity contribution >= 4 is 32.9 Å². The molecule has 0 bridgehead atoms. The van der Waals surface area contributed by atoms with Crippen molar-refractivity contribution in [2.75, 3.05) is 6.61 Å². The third-order valence-corrected chi connectivity index (χ3v) is 3.80. The van der Waals surface area contributed by atoms with Gasteiger partial charge in [0.15, 0.2) is 0 Å². The third-order valence-electron chi connectivity index (χ3n) is 3.31. The molecule has 1 aliphatic rings. The molecule has 1 N–H and O–H groups in total. The number of furan rings is 1. The predicted molar refractivity (Wildman–Crippen MR) is 74.8 cm³/mol. The van der Waals surface area contributed by atoms with Gasteiger partial charge in [0, 0.05) is 16.3 Å². The molecule has 1 aromatic heterocycles. The van der Waals surface area contributed by atoms with Crippen molar-refractivity contribution in [3.05, 3.63) is 34.5 Å². The first-order chi connectivity index (χ1) is 9.13. The maximum atomic E-state index is 11.4. The summed E-state index contributed by atoms with van der Waals surface area (Å²) in [5, 5.41) is 4.29. The molecular weight excluding hydrogens is 310 g/mol. The topological polar surface area (TPSA) is 51.5 Å². The van der Waals surface area contributed by atoms with Crippen molar-refractivity contribution in [1.29, 1.82) is 0 Å². The molecule has 0 saturated carbocycles. The summed E-state index contributed by atoms with van der Waals surface area (Å²) in [6, 6.07) is 7.63. The van der Waals surface area contributed by atoms with Gasteiger partial charge in [-0.3, -0.25) is 10.1 Å². The van der Waals surface area contributed by atoms with Crippen LogP contribution in [-0.2, 0) is 9.53 Å². The molecule has 3 rings (SSSR count). The monoisotopic (exact) mass is 323 g/mol. The number of nitrogens with one attached hydrogen (secondary N) is 1. The number of carbonyl (C=O) groups is 1. The fraction of sp³-hybridized carbons (Fsp3) is 0.357. The summed E-state index contributed by atoms with van der Waals surface area (Å²) >= 11 is 3.44. The highest BCUT2D eigenvalue weighted by Crippen LogP contribution is 2.27. The zero-order valence-corrected chi connectivity index (χ0v) is 12.1. The Balaban J connectivity index is 1.81. The third kappa shape index (κ3) is 2.53. The van der Waals surface area contributed by atoms with Crippen LogP contribution >= 0.6 is 15.9 Å². The number of cyclic esters (lactones) is 1. The number of benzene rings is 1. The maximum absolute atomic E-state index is 11.4. The second-order valence-electron chi connectivity index (χ2n) is 4.73. The fourth-order valence-corrected chi connectivity index (χ4v) is 2.66. The molecule has 2 heterocycles. The van der Waals surface area contributed by atoms with Crippen LogP contribution in [0.3, 0.4) is 0 Å². The summed E-state index contributed by atoms with van der Waals surface area (Å²) in [5.74, 6) is 0.651. The number of ether oxygens (including phenoxy) is 1. The Kier molecular flexibility index (Phi) is 3.33.